The second kappa shape index (κ2) is 10.1. The fraction of sp³-hybridized carbons (Fsp3) is 0.222. The Morgan fingerprint density at radius 1 is 1.09 bits per heavy atom. The molecule has 0 bridgehead atoms. The highest BCUT2D eigenvalue weighted by molar-refractivity contribution is 8.00. The summed E-state index contributed by atoms with van der Waals surface area (Å²) in [7, 11) is 0. The third kappa shape index (κ3) is 6.66. The van der Waals surface area contributed by atoms with Crippen molar-refractivity contribution in [2.75, 3.05) is 11.9 Å². The number of carbonyl (C=O) groups excluding carboxylic acids is 2. The van der Waals surface area contributed by atoms with Crippen molar-refractivity contribution in [2.45, 2.75) is 23.2 Å². The van der Waals surface area contributed by atoms with E-state index in [0.29, 0.717) is 11.0 Å². The molecular weight excluding hydrogens is 459 g/mol. The van der Waals surface area contributed by atoms with Gasteiger partial charge in [0.2, 0.25) is 0 Å². The van der Waals surface area contributed by atoms with Crippen LogP contribution in [-0.4, -0.2) is 33.6 Å². The van der Waals surface area contributed by atoms with Crippen LogP contribution in [0.15, 0.2) is 47.4 Å². The average Bonchev–Trinajstić information content (AvgIpc) is 2.71. The zero-order valence-corrected chi connectivity index (χ0v) is 16.9. The second-order valence-corrected chi connectivity index (χ2v) is 7.57. The molecule has 1 atom stereocenters. The zero-order chi connectivity index (χ0) is 24.1. The minimum atomic E-state index is -4.81. The summed E-state index contributed by atoms with van der Waals surface area (Å²) in [4.78, 5) is 44.5. The zero-order valence-electron chi connectivity index (χ0n) is 16.1. The number of non-ortho nitro benzene ring substituents is 1. The van der Waals surface area contributed by atoms with E-state index < -0.39 is 56.7 Å². The maximum Gasteiger partial charge on any atom is 0.416 e. The summed E-state index contributed by atoms with van der Waals surface area (Å²) in [5.74, 6) is -1.81. The highest BCUT2D eigenvalue weighted by Crippen LogP contribution is 2.35. The molecule has 170 valence electrons. The van der Waals surface area contributed by atoms with Gasteiger partial charge in [-0.3, -0.25) is 29.8 Å². The molecule has 14 heteroatoms. The SMILES string of the molecule is CC(Sc1ccc([N+](=O)[O-])cc1)C(=O)OCC(=O)Nc1ccc(C(F)(F)F)cc1[N+](=O)[O-]. The quantitative estimate of drug-likeness (QED) is 0.260. The lowest BCUT2D eigenvalue weighted by Gasteiger charge is -2.12. The molecule has 0 saturated carbocycles. The molecule has 0 heterocycles. The standard InChI is InChI=1S/C18H14F3N3O7S/c1-10(32-13-5-3-12(4-6-13)23(27)28)17(26)31-9-16(25)22-14-7-2-11(18(19,20)21)8-15(14)24(29)30/h2-8,10H,9H2,1H3,(H,22,25). The van der Waals surface area contributed by atoms with Gasteiger partial charge in [0, 0.05) is 23.1 Å². The molecule has 0 saturated heterocycles. The molecule has 0 aliphatic heterocycles. The Bertz CT molecular complexity index is 1050. The van der Waals surface area contributed by atoms with Crippen LogP contribution in [0.5, 0.6) is 0 Å². The van der Waals surface area contributed by atoms with Gasteiger partial charge in [0.25, 0.3) is 17.3 Å². The maximum absolute atomic E-state index is 12.7. The van der Waals surface area contributed by atoms with Gasteiger partial charge in [-0.1, -0.05) is 0 Å². The van der Waals surface area contributed by atoms with Gasteiger partial charge < -0.3 is 10.1 Å². The van der Waals surface area contributed by atoms with Crippen molar-refractivity contribution >= 4 is 40.7 Å². The molecule has 1 amide bonds. The minimum Gasteiger partial charge on any atom is -0.455 e. The Morgan fingerprint density at radius 3 is 2.25 bits per heavy atom. The first-order valence-electron chi connectivity index (χ1n) is 8.61. The Morgan fingerprint density at radius 2 is 1.72 bits per heavy atom. The predicted molar refractivity (Wildman–Crippen MR) is 106 cm³/mol. The van der Waals surface area contributed by atoms with Gasteiger partial charge in [-0.25, -0.2) is 0 Å². The highest BCUT2D eigenvalue weighted by Gasteiger charge is 2.33. The number of benzene rings is 2. The fourth-order valence-corrected chi connectivity index (χ4v) is 3.17. The summed E-state index contributed by atoms with van der Waals surface area (Å²) < 4.78 is 43.0. The molecule has 0 spiro atoms. The van der Waals surface area contributed by atoms with Crippen LogP contribution in [-0.2, 0) is 20.5 Å². The number of ether oxygens (including phenoxy) is 1. The van der Waals surface area contributed by atoms with Gasteiger partial charge in [0.1, 0.15) is 10.9 Å². The number of hydrogen-bond acceptors (Lipinski definition) is 8. The van der Waals surface area contributed by atoms with Crippen molar-refractivity contribution < 1.29 is 37.3 Å². The number of halogens is 3. The first kappa shape index (κ1) is 24.6. The van der Waals surface area contributed by atoms with Crippen LogP contribution in [0.25, 0.3) is 0 Å². The number of alkyl halides is 3. The van der Waals surface area contributed by atoms with Gasteiger partial charge in [-0.2, -0.15) is 13.2 Å². The number of anilines is 1. The number of esters is 1. The van der Waals surface area contributed by atoms with Crippen molar-refractivity contribution in [3.63, 3.8) is 0 Å². The van der Waals surface area contributed by atoms with Crippen molar-refractivity contribution in [3.05, 3.63) is 68.3 Å². The van der Waals surface area contributed by atoms with E-state index >= 15 is 0 Å². The summed E-state index contributed by atoms with van der Waals surface area (Å²) in [6.45, 7) is 0.634. The molecule has 2 aromatic carbocycles. The van der Waals surface area contributed by atoms with Crippen LogP contribution in [0, 0.1) is 20.2 Å². The Balaban J connectivity index is 1.95. The Labute approximate surface area is 182 Å². The van der Waals surface area contributed by atoms with Gasteiger partial charge in [-0.15, -0.1) is 11.8 Å². The van der Waals surface area contributed by atoms with E-state index in [-0.39, 0.29) is 11.8 Å². The largest absolute Gasteiger partial charge is 0.455 e. The van der Waals surface area contributed by atoms with Crippen LogP contribution in [0.4, 0.5) is 30.2 Å². The van der Waals surface area contributed by atoms with Crippen LogP contribution in [0.3, 0.4) is 0 Å². The molecule has 0 aromatic heterocycles. The maximum atomic E-state index is 12.7. The third-order valence-electron chi connectivity index (χ3n) is 3.83. The van der Waals surface area contributed by atoms with Crippen molar-refractivity contribution in [1.82, 2.24) is 0 Å². The highest BCUT2D eigenvalue weighted by atomic mass is 32.2. The topological polar surface area (TPSA) is 142 Å². The smallest absolute Gasteiger partial charge is 0.416 e. The minimum absolute atomic E-state index is 0.126. The first-order chi connectivity index (χ1) is 14.9. The number of amides is 1. The van der Waals surface area contributed by atoms with Crippen molar-refractivity contribution in [2.24, 2.45) is 0 Å². The number of nitrogens with one attached hydrogen (secondary N) is 1. The van der Waals surface area contributed by atoms with E-state index in [9.17, 15) is 43.0 Å². The van der Waals surface area contributed by atoms with Gasteiger partial charge >= 0.3 is 12.1 Å². The van der Waals surface area contributed by atoms with E-state index in [0.717, 1.165) is 17.8 Å². The van der Waals surface area contributed by atoms with Crippen molar-refractivity contribution in [3.8, 4) is 0 Å². The molecule has 0 fully saturated rings. The second-order valence-electron chi connectivity index (χ2n) is 6.15. The lowest BCUT2D eigenvalue weighted by atomic mass is 10.1. The lowest BCUT2D eigenvalue weighted by molar-refractivity contribution is -0.384. The number of thioether (sulfide) groups is 1. The van der Waals surface area contributed by atoms with E-state index in [4.69, 9.17) is 4.74 Å². The van der Waals surface area contributed by atoms with Crippen LogP contribution >= 0.6 is 11.8 Å². The first-order valence-corrected chi connectivity index (χ1v) is 9.49. The van der Waals surface area contributed by atoms with Gasteiger partial charge in [0.05, 0.1) is 15.4 Å². The number of hydrogen-bond donors (Lipinski definition) is 1. The molecule has 1 unspecified atom stereocenters. The normalized spacial score (nSPS) is 12.0. The number of nitro groups is 2. The number of nitro benzene ring substituents is 2. The average molecular weight is 473 g/mol. The number of nitrogens with zero attached hydrogens (tertiary/aromatic N) is 2. The summed E-state index contributed by atoms with van der Waals surface area (Å²) in [6.07, 6.45) is -4.81. The van der Waals surface area contributed by atoms with E-state index in [2.05, 4.69) is 0 Å². The summed E-state index contributed by atoms with van der Waals surface area (Å²) in [6, 6.07) is 6.96. The molecule has 0 radical (unpaired) electrons. The van der Waals surface area contributed by atoms with Gasteiger partial charge in [-0.05, 0) is 31.2 Å². The molecule has 1 N–H and O–H groups in total. The predicted octanol–water partition coefficient (Wildman–Crippen LogP) is 4.18. The Kier molecular flexibility index (Phi) is 7.75. The van der Waals surface area contributed by atoms with Crippen molar-refractivity contribution in [1.29, 1.82) is 0 Å². The van der Waals surface area contributed by atoms with E-state index in [1.807, 2.05) is 5.32 Å². The number of carbonyl (C=O) groups is 2. The van der Waals surface area contributed by atoms with E-state index in [1.165, 1.54) is 31.2 Å². The monoisotopic (exact) mass is 473 g/mol. The number of rotatable bonds is 8. The van der Waals surface area contributed by atoms with Gasteiger partial charge in [0.15, 0.2) is 6.61 Å². The third-order valence-corrected chi connectivity index (χ3v) is 4.92. The molecule has 0 aliphatic rings. The summed E-state index contributed by atoms with van der Waals surface area (Å²) >= 11 is 1.01. The molecule has 2 rings (SSSR count). The summed E-state index contributed by atoms with van der Waals surface area (Å²) in [5, 5.41) is 22.9. The Hall–Kier alpha value is -3.68. The van der Waals surface area contributed by atoms with Crippen LogP contribution < -0.4 is 5.32 Å². The van der Waals surface area contributed by atoms with Crippen LogP contribution in [0.1, 0.15) is 12.5 Å². The molecule has 0 aliphatic carbocycles. The molecule has 32 heavy (non-hydrogen) atoms. The molecule has 2 aromatic rings. The van der Waals surface area contributed by atoms with Crippen LogP contribution in [0.2, 0.25) is 0 Å². The molecular formula is C18H14F3N3O7S. The lowest BCUT2D eigenvalue weighted by Crippen LogP contribution is -2.25. The van der Waals surface area contributed by atoms with E-state index in [1.54, 1.807) is 0 Å². The summed E-state index contributed by atoms with van der Waals surface area (Å²) in [5.41, 5.74) is -2.84. The fourth-order valence-electron chi connectivity index (χ4n) is 2.30. The molecule has 10 nitrogen and oxygen atoms in total.